The molecule has 1 aromatic heterocycles. The second-order valence-electron chi connectivity index (χ2n) is 5.76. The first-order chi connectivity index (χ1) is 12.5. The summed E-state index contributed by atoms with van der Waals surface area (Å²) in [5.74, 6) is 0.00763. The fourth-order valence-electron chi connectivity index (χ4n) is 2.30. The number of aromatic nitrogens is 2. The van der Waals surface area contributed by atoms with Crippen molar-refractivity contribution in [2.45, 2.75) is 19.8 Å². The van der Waals surface area contributed by atoms with Crippen LogP contribution in [0.1, 0.15) is 19.8 Å². The Bertz CT molecular complexity index is 935. The summed E-state index contributed by atoms with van der Waals surface area (Å²) in [4.78, 5) is 27.1. The van der Waals surface area contributed by atoms with Crippen LogP contribution in [0.15, 0.2) is 53.1 Å². The summed E-state index contributed by atoms with van der Waals surface area (Å²) in [6, 6.07) is 12.7. The molecule has 0 aliphatic heterocycles. The van der Waals surface area contributed by atoms with Gasteiger partial charge in [0.15, 0.2) is 0 Å². The molecular formula is C19H16FN3O3. The molecule has 0 saturated carbocycles. The highest BCUT2D eigenvalue weighted by atomic mass is 19.1. The van der Waals surface area contributed by atoms with Gasteiger partial charge in [0.2, 0.25) is 11.7 Å². The monoisotopic (exact) mass is 353 g/mol. The van der Waals surface area contributed by atoms with Crippen molar-refractivity contribution in [2.24, 2.45) is 0 Å². The van der Waals surface area contributed by atoms with E-state index in [9.17, 15) is 14.0 Å². The third kappa shape index (κ3) is 4.38. The van der Waals surface area contributed by atoms with Crippen molar-refractivity contribution in [3.05, 3.63) is 54.3 Å². The van der Waals surface area contributed by atoms with Gasteiger partial charge in [0, 0.05) is 29.7 Å². The van der Waals surface area contributed by atoms with E-state index in [1.807, 2.05) is 0 Å². The number of benzene rings is 2. The lowest BCUT2D eigenvalue weighted by Crippen LogP contribution is -2.12. The van der Waals surface area contributed by atoms with Gasteiger partial charge in [0.1, 0.15) is 11.6 Å². The highest BCUT2D eigenvalue weighted by Gasteiger charge is 2.12. The summed E-state index contributed by atoms with van der Waals surface area (Å²) in [6.07, 6.45) is 0.341. The van der Waals surface area contributed by atoms with Gasteiger partial charge in [0.25, 0.3) is 5.89 Å². The van der Waals surface area contributed by atoms with E-state index < -0.39 is 0 Å². The van der Waals surface area contributed by atoms with Gasteiger partial charge in [-0.1, -0.05) is 17.3 Å². The lowest BCUT2D eigenvalue weighted by atomic mass is 10.1. The van der Waals surface area contributed by atoms with Crippen molar-refractivity contribution in [3.63, 3.8) is 0 Å². The molecule has 1 N–H and O–H groups in total. The number of hydrogen-bond acceptors (Lipinski definition) is 5. The van der Waals surface area contributed by atoms with Gasteiger partial charge in [-0.2, -0.15) is 4.98 Å². The van der Waals surface area contributed by atoms with Crippen molar-refractivity contribution < 1.29 is 18.5 Å². The fraction of sp³-hybridized carbons (Fsp3) is 0.158. The summed E-state index contributed by atoms with van der Waals surface area (Å²) < 4.78 is 18.2. The van der Waals surface area contributed by atoms with Crippen LogP contribution in [0.3, 0.4) is 0 Å². The maximum Gasteiger partial charge on any atom is 0.258 e. The molecule has 0 aliphatic carbocycles. The van der Waals surface area contributed by atoms with Crippen LogP contribution in [0.4, 0.5) is 10.1 Å². The van der Waals surface area contributed by atoms with Gasteiger partial charge in [0.05, 0.1) is 0 Å². The van der Waals surface area contributed by atoms with E-state index in [0.29, 0.717) is 22.6 Å². The molecule has 1 heterocycles. The van der Waals surface area contributed by atoms with Crippen LogP contribution in [0.2, 0.25) is 0 Å². The number of Topliss-reactive ketones (excluding diaryl/α,β-unsaturated/α-hetero) is 1. The molecule has 6 nitrogen and oxygen atoms in total. The molecule has 0 aliphatic rings. The molecule has 0 bridgehead atoms. The number of carbonyl (C=O) groups is 2. The fourth-order valence-corrected chi connectivity index (χ4v) is 2.30. The Morgan fingerprint density at radius 3 is 2.58 bits per heavy atom. The third-order valence-corrected chi connectivity index (χ3v) is 3.63. The first-order valence-electron chi connectivity index (χ1n) is 8.00. The van der Waals surface area contributed by atoms with Crippen molar-refractivity contribution in [1.82, 2.24) is 10.1 Å². The number of amides is 1. The van der Waals surface area contributed by atoms with E-state index in [2.05, 4.69) is 15.5 Å². The largest absolute Gasteiger partial charge is 0.334 e. The van der Waals surface area contributed by atoms with Gasteiger partial charge < -0.3 is 14.6 Å². The van der Waals surface area contributed by atoms with Crippen LogP contribution in [-0.4, -0.2) is 21.8 Å². The Hall–Kier alpha value is -3.35. The zero-order valence-electron chi connectivity index (χ0n) is 14.0. The molecule has 0 fully saturated rings. The first kappa shape index (κ1) is 17.5. The average molecular weight is 353 g/mol. The molecule has 3 rings (SSSR count). The lowest BCUT2D eigenvalue weighted by Gasteiger charge is -2.05. The zero-order valence-corrected chi connectivity index (χ0v) is 14.0. The smallest absolute Gasteiger partial charge is 0.258 e. The van der Waals surface area contributed by atoms with Gasteiger partial charge in [-0.25, -0.2) is 4.39 Å². The Morgan fingerprint density at radius 1 is 1.08 bits per heavy atom. The predicted octanol–water partition coefficient (Wildman–Crippen LogP) is 3.85. The molecule has 0 atom stereocenters. The number of nitrogens with zero attached hydrogens (tertiary/aromatic N) is 2. The number of ketones is 1. The molecule has 0 saturated heterocycles. The Labute approximate surface area is 149 Å². The molecule has 7 heteroatoms. The van der Waals surface area contributed by atoms with Crippen LogP contribution < -0.4 is 5.32 Å². The molecule has 2 aromatic carbocycles. The number of carbonyl (C=O) groups excluding carboxylic acids is 2. The van der Waals surface area contributed by atoms with E-state index in [1.54, 1.807) is 36.4 Å². The maximum absolute atomic E-state index is 13.0. The Balaban J connectivity index is 1.75. The molecule has 1 amide bonds. The molecule has 26 heavy (non-hydrogen) atoms. The van der Waals surface area contributed by atoms with Gasteiger partial charge in [-0.3, -0.25) is 4.79 Å². The van der Waals surface area contributed by atoms with Crippen LogP contribution in [-0.2, 0) is 9.59 Å². The van der Waals surface area contributed by atoms with Crippen molar-refractivity contribution in [2.75, 3.05) is 5.32 Å². The SMILES string of the molecule is CC(=O)CCC(=O)Nc1cccc(-c2noc(-c3ccc(F)cc3)n2)c1. The summed E-state index contributed by atoms with van der Waals surface area (Å²) in [7, 11) is 0. The Kier molecular flexibility index (Phi) is 5.17. The van der Waals surface area contributed by atoms with E-state index in [0.717, 1.165) is 0 Å². The zero-order chi connectivity index (χ0) is 18.5. The minimum absolute atomic E-state index is 0.0333. The summed E-state index contributed by atoms with van der Waals surface area (Å²) >= 11 is 0. The van der Waals surface area contributed by atoms with Gasteiger partial charge in [-0.05, 0) is 43.3 Å². The number of nitrogens with one attached hydrogen (secondary N) is 1. The summed E-state index contributed by atoms with van der Waals surface area (Å²) in [6.45, 7) is 1.45. The summed E-state index contributed by atoms with van der Waals surface area (Å²) in [5.41, 5.74) is 1.84. The standard InChI is InChI=1S/C19H16FN3O3/c1-12(24)5-10-17(25)21-16-4-2-3-14(11-16)18-22-19(26-23-18)13-6-8-15(20)9-7-13/h2-4,6-9,11H,5,10H2,1H3,(H,21,25). The predicted molar refractivity (Wildman–Crippen MR) is 93.7 cm³/mol. The Morgan fingerprint density at radius 2 is 1.85 bits per heavy atom. The molecule has 3 aromatic rings. The number of hydrogen-bond donors (Lipinski definition) is 1. The molecule has 132 valence electrons. The summed E-state index contributed by atoms with van der Waals surface area (Å²) in [5, 5.41) is 6.66. The highest BCUT2D eigenvalue weighted by molar-refractivity contribution is 5.93. The highest BCUT2D eigenvalue weighted by Crippen LogP contribution is 2.24. The van der Waals surface area contributed by atoms with Gasteiger partial charge >= 0.3 is 0 Å². The van der Waals surface area contributed by atoms with Crippen molar-refractivity contribution in [1.29, 1.82) is 0 Å². The van der Waals surface area contributed by atoms with Crippen molar-refractivity contribution >= 4 is 17.4 Å². The minimum Gasteiger partial charge on any atom is -0.334 e. The maximum atomic E-state index is 13.0. The second kappa shape index (κ2) is 7.69. The van der Waals surface area contributed by atoms with E-state index in [4.69, 9.17) is 4.52 Å². The van der Waals surface area contributed by atoms with Crippen LogP contribution in [0.5, 0.6) is 0 Å². The third-order valence-electron chi connectivity index (χ3n) is 3.63. The van der Waals surface area contributed by atoms with Crippen LogP contribution in [0.25, 0.3) is 22.8 Å². The van der Waals surface area contributed by atoms with Crippen LogP contribution >= 0.6 is 0 Å². The first-order valence-corrected chi connectivity index (χ1v) is 8.00. The van der Waals surface area contributed by atoms with E-state index in [1.165, 1.54) is 19.1 Å². The van der Waals surface area contributed by atoms with E-state index in [-0.39, 0.29) is 36.2 Å². The molecule has 0 spiro atoms. The normalized spacial score (nSPS) is 10.5. The van der Waals surface area contributed by atoms with E-state index >= 15 is 0 Å². The van der Waals surface area contributed by atoms with Crippen molar-refractivity contribution in [3.8, 4) is 22.8 Å². The van der Waals surface area contributed by atoms with Gasteiger partial charge in [-0.15, -0.1) is 0 Å². The number of rotatable bonds is 6. The molecule has 0 unspecified atom stereocenters. The average Bonchev–Trinajstić information content (AvgIpc) is 3.11. The second-order valence-corrected chi connectivity index (χ2v) is 5.76. The van der Waals surface area contributed by atoms with Crippen LogP contribution in [0, 0.1) is 5.82 Å². The molecule has 0 radical (unpaired) electrons. The number of halogens is 1. The lowest BCUT2D eigenvalue weighted by molar-refractivity contribution is -0.121. The minimum atomic E-state index is -0.346. The topological polar surface area (TPSA) is 85.1 Å². The number of anilines is 1. The molecular weight excluding hydrogens is 337 g/mol. The quantitative estimate of drug-likeness (QED) is 0.727.